The van der Waals surface area contributed by atoms with Gasteiger partial charge in [0.2, 0.25) is 0 Å². The number of halogens is 4. The van der Waals surface area contributed by atoms with Gasteiger partial charge in [0.05, 0.1) is 5.56 Å². The average Bonchev–Trinajstić information content (AvgIpc) is 2.41. The molecular formula is C9H7F3IN. The fraction of sp³-hybridized carbons (Fsp3) is 0.333. The second-order valence-electron chi connectivity index (χ2n) is 3.26. The van der Waals surface area contributed by atoms with Gasteiger partial charge in [-0.2, -0.15) is 13.2 Å². The molecule has 0 amide bonds. The Morgan fingerprint density at radius 3 is 2.43 bits per heavy atom. The molecule has 0 atom stereocenters. The largest absolute Gasteiger partial charge is 0.416 e. The lowest BCUT2D eigenvalue weighted by molar-refractivity contribution is -0.137. The average molecular weight is 313 g/mol. The van der Waals surface area contributed by atoms with Crippen LogP contribution in [0, 0.1) is 0 Å². The topological polar surface area (TPSA) is 3.24 Å². The van der Waals surface area contributed by atoms with E-state index in [1.165, 1.54) is 6.07 Å². The molecule has 2 rings (SSSR count). The number of nitrogens with zero attached hydrogens (tertiary/aromatic N) is 1. The number of hydrogen-bond acceptors (Lipinski definition) is 1. The van der Waals surface area contributed by atoms with Crippen LogP contribution >= 0.6 is 22.9 Å². The Morgan fingerprint density at radius 2 is 1.79 bits per heavy atom. The van der Waals surface area contributed by atoms with Crippen molar-refractivity contribution in [3.05, 3.63) is 34.9 Å². The highest BCUT2D eigenvalue weighted by Crippen LogP contribution is 2.33. The minimum Gasteiger partial charge on any atom is -0.239 e. The molecule has 1 aliphatic rings. The zero-order chi connectivity index (χ0) is 10.3. The van der Waals surface area contributed by atoms with E-state index >= 15 is 0 Å². The maximum Gasteiger partial charge on any atom is 0.416 e. The van der Waals surface area contributed by atoms with E-state index in [1.54, 1.807) is 6.07 Å². The lowest BCUT2D eigenvalue weighted by Crippen LogP contribution is -2.05. The molecule has 1 aromatic carbocycles. The summed E-state index contributed by atoms with van der Waals surface area (Å²) in [5.74, 6) is 0. The molecule has 1 heterocycles. The summed E-state index contributed by atoms with van der Waals surface area (Å²) in [6, 6.07) is 3.96. The highest BCUT2D eigenvalue weighted by molar-refractivity contribution is 14.1. The van der Waals surface area contributed by atoms with Gasteiger partial charge in [0.25, 0.3) is 0 Å². The Morgan fingerprint density at radius 1 is 1.14 bits per heavy atom. The molecule has 1 aliphatic heterocycles. The third kappa shape index (κ3) is 1.88. The predicted octanol–water partition coefficient (Wildman–Crippen LogP) is 3.37. The molecule has 5 heteroatoms. The van der Waals surface area contributed by atoms with E-state index in [4.69, 9.17) is 0 Å². The van der Waals surface area contributed by atoms with Gasteiger partial charge in [-0.3, -0.25) is 0 Å². The van der Waals surface area contributed by atoms with Crippen LogP contribution in [0.4, 0.5) is 13.2 Å². The summed E-state index contributed by atoms with van der Waals surface area (Å²) in [7, 11) is 0. The van der Waals surface area contributed by atoms with E-state index in [1.807, 2.05) is 3.11 Å². The van der Waals surface area contributed by atoms with Crippen LogP contribution in [0.1, 0.15) is 16.7 Å². The van der Waals surface area contributed by atoms with Crippen molar-refractivity contribution in [2.24, 2.45) is 0 Å². The molecule has 0 aromatic heterocycles. The molecule has 14 heavy (non-hydrogen) atoms. The van der Waals surface area contributed by atoms with E-state index < -0.39 is 11.7 Å². The van der Waals surface area contributed by atoms with Crippen molar-refractivity contribution in [2.45, 2.75) is 19.3 Å². The first kappa shape index (κ1) is 10.2. The van der Waals surface area contributed by atoms with Crippen LogP contribution in [0.3, 0.4) is 0 Å². The molecule has 0 unspecified atom stereocenters. The van der Waals surface area contributed by atoms with E-state index in [-0.39, 0.29) is 0 Å². The first-order chi connectivity index (χ1) is 6.47. The molecule has 1 nitrogen and oxygen atoms in total. The van der Waals surface area contributed by atoms with Crippen LogP contribution in [0.5, 0.6) is 0 Å². The second-order valence-corrected chi connectivity index (χ2v) is 4.62. The number of alkyl halides is 3. The third-order valence-electron chi connectivity index (χ3n) is 2.22. The summed E-state index contributed by atoms with van der Waals surface area (Å²) in [6.07, 6.45) is -4.23. The maximum atomic E-state index is 12.3. The van der Waals surface area contributed by atoms with Crippen LogP contribution in [0.2, 0.25) is 0 Å². The monoisotopic (exact) mass is 313 g/mol. The molecule has 0 saturated carbocycles. The normalized spacial score (nSPS) is 17.1. The standard InChI is InChI=1S/C9H7F3IN/c10-9(11,12)8-2-1-6-4-14(13)5-7(6)3-8/h1-3H,4-5H2. The van der Waals surface area contributed by atoms with Crippen molar-refractivity contribution < 1.29 is 13.2 Å². The zero-order valence-electron chi connectivity index (χ0n) is 7.11. The summed E-state index contributed by atoms with van der Waals surface area (Å²) in [5.41, 5.74) is 1.23. The van der Waals surface area contributed by atoms with Crippen molar-refractivity contribution in [3.8, 4) is 0 Å². The zero-order valence-corrected chi connectivity index (χ0v) is 9.26. The maximum absolute atomic E-state index is 12.3. The number of hydrogen-bond donors (Lipinski definition) is 0. The van der Waals surface area contributed by atoms with Crippen LogP contribution in [0.15, 0.2) is 18.2 Å². The summed E-state index contributed by atoms with van der Waals surface area (Å²) >= 11 is 2.11. The Labute approximate surface area is 93.4 Å². The summed E-state index contributed by atoms with van der Waals surface area (Å²) < 4.78 is 39.0. The fourth-order valence-corrected chi connectivity index (χ4v) is 2.26. The molecule has 0 spiro atoms. The number of rotatable bonds is 0. The van der Waals surface area contributed by atoms with Gasteiger partial charge >= 0.3 is 6.18 Å². The van der Waals surface area contributed by atoms with Crippen molar-refractivity contribution >= 4 is 22.9 Å². The van der Waals surface area contributed by atoms with Gasteiger partial charge in [0.15, 0.2) is 0 Å². The van der Waals surface area contributed by atoms with Crippen LogP contribution in [0.25, 0.3) is 0 Å². The molecule has 0 saturated heterocycles. The van der Waals surface area contributed by atoms with Gasteiger partial charge in [-0.15, -0.1) is 0 Å². The van der Waals surface area contributed by atoms with Gasteiger partial charge in [0.1, 0.15) is 0 Å². The summed E-state index contributed by atoms with van der Waals surface area (Å²) in [5, 5.41) is 0. The molecule has 0 radical (unpaired) electrons. The summed E-state index contributed by atoms with van der Waals surface area (Å²) in [4.78, 5) is 0. The SMILES string of the molecule is FC(F)(F)c1ccc2c(c1)CN(I)C2. The highest BCUT2D eigenvalue weighted by Gasteiger charge is 2.31. The molecule has 1 aromatic rings. The Kier molecular flexibility index (Phi) is 2.46. The number of fused-ring (bicyclic) bond motifs is 1. The van der Waals surface area contributed by atoms with E-state index in [0.717, 1.165) is 23.7 Å². The van der Waals surface area contributed by atoms with Crippen LogP contribution in [-0.2, 0) is 19.3 Å². The van der Waals surface area contributed by atoms with Crippen molar-refractivity contribution in [2.75, 3.05) is 0 Å². The first-order valence-corrected chi connectivity index (χ1v) is 5.03. The molecule has 0 fully saturated rings. The van der Waals surface area contributed by atoms with E-state index in [9.17, 15) is 13.2 Å². The molecule has 0 N–H and O–H groups in total. The Bertz CT molecular complexity index is 362. The van der Waals surface area contributed by atoms with Crippen LogP contribution < -0.4 is 0 Å². The van der Waals surface area contributed by atoms with Crippen molar-refractivity contribution in [1.29, 1.82) is 0 Å². The highest BCUT2D eigenvalue weighted by atomic mass is 127. The lowest BCUT2D eigenvalue weighted by atomic mass is 10.1. The van der Waals surface area contributed by atoms with Gasteiger partial charge in [-0.05, 0) is 23.3 Å². The fourth-order valence-electron chi connectivity index (χ4n) is 1.53. The predicted molar refractivity (Wildman–Crippen MR) is 54.7 cm³/mol. The third-order valence-corrected chi connectivity index (χ3v) is 2.90. The molecule has 76 valence electrons. The Hall–Kier alpha value is -0.300. The van der Waals surface area contributed by atoms with Crippen LogP contribution in [-0.4, -0.2) is 3.11 Å². The quantitative estimate of drug-likeness (QED) is 0.524. The summed E-state index contributed by atoms with van der Waals surface area (Å²) in [6.45, 7) is 1.33. The van der Waals surface area contributed by atoms with Gasteiger partial charge in [0, 0.05) is 36.0 Å². The van der Waals surface area contributed by atoms with E-state index in [0.29, 0.717) is 6.54 Å². The smallest absolute Gasteiger partial charge is 0.239 e. The lowest BCUT2D eigenvalue weighted by Gasteiger charge is -2.07. The van der Waals surface area contributed by atoms with Gasteiger partial charge in [-0.1, -0.05) is 6.07 Å². The minimum atomic E-state index is -4.23. The molecule has 0 aliphatic carbocycles. The second kappa shape index (κ2) is 3.37. The van der Waals surface area contributed by atoms with Gasteiger partial charge in [-0.25, -0.2) is 3.11 Å². The van der Waals surface area contributed by atoms with Crippen molar-refractivity contribution in [1.82, 2.24) is 3.11 Å². The molecular weight excluding hydrogens is 306 g/mol. The first-order valence-electron chi connectivity index (χ1n) is 4.06. The van der Waals surface area contributed by atoms with Crippen molar-refractivity contribution in [3.63, 3.8) is 0 Å². The van der Waals surface area contributed by atoms with E-state index in [2.05, 4.69) is 22.9 Å². The molecule has 0 bridgehead atoms. The minimum absolute atomic E-state index is 0.553. The number of benzene rings is 1. The Balaban J connectivity index is 2.38. The van der Waals surface area contributed by atoms with Gasteiger partial charge < -0.3 is 0 Å².